The Morgan fingerprint density at radius 1 is 1.55 bits per heavy atom. The minimum Gasteiger partial charge on any atom is -0.376 e. The lowest BCUT2D eigenvalue weighted by Crippen LogP contribution is -2.41. The molecular weight excluding hydrogens is 286 g/mol. The van der Waals surface area contributed by atoms with Crippen molar-refractivity contribution in [2.45, 2.75) is 51.2 Å². The molecule has 1 aromatic rings. The van der Waals surface area contributed by atoms with Gasteiger partial charge in [-0.25, -0.2) is 4.68 Å². The summed E-state index contributed by atoms with van der Waals surface area (Å²) in [4.78, 5) is 28.5. The lowest BCUT2D eigenvalue weighted by atomic mass is 10.1. The Hall–Kier alpha value is -1.96. The van der Waals surface area contributed by atoms with Gasteiger partial charge in [0.2, 0.25) is 17.8 Å². The standard InChI is InChI=1S/C14H21N5O3/c1-8(2)12-17-14-16-11(20)6-10(19(14)18-12)13(21)15-7-9-4-3-5-22-9/h8-10H,3-7H2,1-2H3,(H,15,21)(H,16,17,18,20)/t9-,10+/m1/s1. The van der Waals surface area contributed by atoms with Gasteiger partial charge in [0, 0.05) is 19.1 Å². The molecule has 2 atom stereocenters. The molecule has 3 rings (SSSR count). The second-order valence-electron chi connectivity index (χ2n) is 6.04. The Balaban J connectivity index is 1.72. The zero-order valence-corrected chi connectivity index (χ0v) is 12.8. The molecule has 120 valence electrons. The maximum atomic E-state index is 12.4. The molecule has 0 aliphatic carbocycles. The number of aromatic nitrogens is 3. The number of fused-ring (bicyclic) bond motifs is 1. The van der Waals surface area contributed by atoms with E-state index in [1.165, 1.54) is 4.68 Å². The number of carbonyl (C=O) groups excluding carboxylic acids is 2. The zero-order valence-electron chi connectivity index (χ0n) is 12.8. The second-order valence-corrected chi connectivity index (χ2v) is 6.04. The monoisotopic (exact) mass is 307 g/mol. The summed E-state index contributed by atoms with van der Waals surface area (Å²) in [7, 11) is 0. The first-order valence-electron chi connectivity index (χ1n) is 7.70. The van der Waals surface area contributed by atoms with E-state index in [-0.39, 0.29) is 30.3 Å². The summed E-state index contributed by atoms with van der Waals surface area (Å²) in [6, 6.07) is -0.648. The average Bonchev–Trinajstić information content (AvgIpc) is 3.12. The normalized spacial score (nSPS) is 24.2. The van der Waals surface area contributed by atoms with E-state index in [2.05, 4.69) is 20.7 Å². The van der Waals surface area contributed by atoms with Crippen LogP contribution in [0.3, 0.4) is 0 Å². The quantitative estimate of drug-likeness (QED) is 0.848. The molecule has 2 aliphatic rings. The van der Waals surface area contributed by atoms with Crippen LogP contribution in [-0.4, -0.2) is 45.8 Å². The summed E-state index contributed by atoms with van der Waals surface area (Å²) in [5.74, 6) is 0.663. The number of carbonyl (C=O) groups is 2. The topological polar surface area (TPSA) is 98.1 Å². The predicted octanol–water partition coefficient (Wildman–Crippen LogP) is 0.580. The van der Waals surface area contributed by atoms with Crippen molar-refractivity contribution in [2.24, 2.45) is 0 Å². The van der Waals surface area contributed by atoms with E-state index < -0.39 is 6.04 Å². The SMILES string of the molecule is CC(C)c1nc2n(n1)[C@H](C(=O)NC[C@H]1CCCO1)CC(=O)N2. The first-order valence-corrected chi connectivity index (χ1v) is 7.70. The molecule has 0 radical (unpaired) electrons. The summed E-state index contributed by atoms with van der Waals surface area (Å²) in [6.07, 6.45) is 2.13. The number of ether oxygens (including phenoxy) is 1. The van der Waals surface area contributed by atoms with Crippen LogP contribution in [0.4, 0.5) is 5.95 Å². The van der Waals surface area contributed by atoms with Crippen LogP contribution >= 0.6 is 0 Å². The molecule has 8 nitrogen and oxygen atoms in total. The van der Waals surface area contributed by atoms with E-state index in [0.717, 1.165) is 19.4 Å². The molecule has 0 saturated carbocycles. The van der Waals surface area contributed by atoms with Crippen LogP contribution < -0.4 is 10.6 Å². The van der Waals surface area contributed by atoms with Gasteiger partial charge < -0.3 is 10.1 Å². The van der Waals surface area contributed by atoms with Crippen molar-refractivity contribution in [1.82, 2.24) is 20.1 Å². The van der Waals surface area contributed by atoms with E-state index in [0.29, 0.717) is 18.3 Å². The third-order valence-corrected chi connectivity index (χ3v) is 3.92. The fourth-order valence-electron chi connectivity index (χ4n) is 2.67. The van der Waals surface area contributed by atoms with Crippen LogP contribution in [0.1, 0.15) is 50.9 Å². The largest absolute Gasteiger partial charge is 0.376 e. The van der Waals surface area contributed by atoms with E-state index in [1.54, 1.807) is 0 Å². The number of anilines is 1. The number of hydrogen-bond acceptors (Lipinski definition) is 5. The number of nitrogens with one attached hydrogen (secondary N) is 2. The van der Waals surface area contributed by atoms with Gasteiger partial charge in [-0.2, -0.15) is 10.1 Å². The van der Waals surface area contributed by atoms with E-state index >= 15 is 0 Å². The zero-order chi connectivity index (χ0) is 15.7. The van der Waals surface area contributed by atoms with Crippen LogP contribution in [0, 0.1) is 0 Å². The summed E-state index contributed by atoms with van der Waals surface area (Å²) >= 11 is 0. The highest BCUT2D eigenvalue weighted by Gasteiger charge is 2.33. The minimum atomic E-state index is -0.648. The lowest BCUT2D eigenvalue weighted by Gasteiger charge is -2.23. The highest BCUT2D eigenvalue weighted by atomic mass is 16.5. The Kier molecular flexibility index (Phi) is 4.10. The number of rotatable bonds is 4. The van der Waals surface area contributed by atoms with Gasteiger partial charge in [-0.3, -0.25) is 14.9 Å². The van der Waals surface area contributed by atoms with Gasteiger partial charge in [0.1, 0.15) is 6.04 Å². The fourth-order valence-corrected chi connectivity index (χ4v) is 2.67. The highest BCUT2D eigenvalue weighted by molar-refractivity contribution is 5.96. The first-order chi connectivity index (χ1) is 10.5. The molecule has 1 aromatic heterocycles. The number of amides is 2. The van der Waals surface area contributed by atoms with Crippen molar-refractivity contribution >= 4 is 17.8 Å². The molecule has 8 heteroatoms. The van der Waals surface area contributed by atoms with Crippen molar-refractivity contribution < 1.29 is 14.3 Å². The van der Waals surface area contributed by atoms with Crippen LogP contribution in [0.15, 0.2) is 0 Å². The molecule has 22 heavy (non-hydrogen) atoms. The maximum absolute atomic E-state index is 12.4. The summed E-state index contributed by atoms with van der Waals surface area (Å²) in [5.41, 5.74) is 0. The first kappa shape index (κ1) is 15.0. The van der Waals surface area contributed by atoms with E-state index in [9.17, 15) is 9.59 Å². The molecule has 0 bridgehead atoms. The van der Waals surface area contributed by atoms with E-state index in [1.807, 2.05) is 13.8 Å². The molecule has 0 spiro atoms. The van der Waals surface area contributed by atoms with Gasteiger partial charge in [0.15, 0.2) is 5.82 Å². The third kappa shape index (κ3) is 2.96. The van der Waals surface area contributed by atoms with E-state index in [4.69, 9.17) is 4.74 Å². The van der Waals surface area contributed by atoms with Gasteiger partial charge in [0.25, 0.3) is 0 Å². The smallest absolute Gasteiger partial charge is 0.245 e. The number of nitrogens with zero attached hydrogens (tertiary/aromatic N) is 3. The summed E-state index contributed by atoms with van der Waals surface area (Å²) in [6.45, 7) is 5.15. The second kappa shape index (κ2) is 6.04. The molecule has 0 unspecified atom stereocenters. The van der Waals surface area contributed by atoms with Crippen LogP contribution in [-0.2, 0) is 14.3 Å². The molecule has 2 aliphatic heterocycles. The predicted molar refractivity (Wildman–Crippen MR) is 78.4 cm³/mol. The highest BCUT2D eigenvalue weighted by Crippen LogP contribution is 2.25. The Morgan fingerprint density at radius 3 is 3.05 bits per heavy atom. The van der Waals surface area contributed by atoms with Crippen molar-refractivity contribution in [3.8, 4) is 0 Å². The fraction of sp³-hybridized carbons (Fsp3) is 0.714. The molecule has 2 N–H and O–H groups in total. The lowest BCUT2D eigenvalue weighted by molar-refractivity contribution is -0.129. The van der Waals surface area contributed by atoms with Gasteiger partial charge in [-0.15, -0.1) is 0 Å². The average molecular weight is 307 g/mol. The Morgan fingerprint density at radius 2 is 2.36 bits per heavy atom. The van der Waals surface area contributed by atoms with Crippen molar-refractivity contribution in [3.63, 3.8) is 0 Å². The molecule has 3 heterocycles. The summed E-state index contributed by atoms with van der Waals surface area (Å²) in [5, 5.41) is 9.89. The Labute approximate surface area is 128 Å². The van der Waals surface area contributed by atoms with Crippen molar-refractivity contribution in [2.75, 3.05) is 18.5 Å². The van der Waals surface area contributed by atoms with Gasteiger partial charge >= 0.3 is 0 Å². The number of hydrogen-bond donors (Lipinski definition) is 2. The Bertz CT molecular complexity index is 577. The molecular formula is C14H21N5O3. The maximum Gasteiger partial charge on any atom is 0.245 e. The van der Waals surface area contributed by atoms with Gasteiger partial charge in [-0.1, -0.05) is 13.8 Å². The third-order valence-electron chi connectivity index (χ3n) is 3.92. The minimum absolute atomic E-state index is 0.0720. The molecule has 0 aromatic carbocycles. The molecule has 1 fully saturated rings. The molecule has 1 saturated heterocycles. The van der Waals surface area contributed by atoms with Crippen molar-refractivity contribution in [3.05, 3.63) is 5.82 Å². The van der Waals surface area contributed by atoms with Crippen LogP contribution in [0.25, 0.3) is 0 Å². The van der Waals surface area contributed by atoms with Gasteiger partial charge in [0.05, 0.1) is 12.5 Å². The van der Waals surface area contributed by atoms with Crippen LogP contribution in [0.5, 0.6) is 0 Å². The van der Waals surface area contributed by atoms with Crippen LogP contribution in [0.2, 0.25) is 0 Å². The summed E-state index contributed by atoms with van der Waals surface area (Å²) < 4.78 is 7.00. The molecule has 2 amide bonds. The van der Waals surface area contributed by atoms with Gasteiger partial charge in [-0.05, 0) is 12.8 Å². The van der Waals surface area contributed by atoms with Crippen molar-refractivity contribution in [1.29, 1.82) is 0 Å².